The van der Waals surface area contributed by atoms with E-state index in [9.17, 15) is 14.4 Å². The molecule has 0 bridgehead atoms. The Morgan fingerprint density at radius 2 is 1.88 bits per heavy atom. The maximum absolute atomic E-state index is 12.0. The summed E-state index contributed by atoms with van der Waals surface area (Å²) in [6, 6.07) is 8.61. The molecule has 0 saturated heterocycles. The molecule has 1 aromatic carbocycles. The van der Waals surface area contributed by atoms with E-state index in [0.29, 0.717) is 16.3 Å². The first-order valence-corrected chi connectivity index (χ1v) is 8.79. The number of hydrogen-bond acceptors (Lipinski definition) is 5. The van der Waals surface area contributed by atoms with Crippen molar-refractivity contribution >= 4 is 40.5 Å². The van der Waals surface area contributed by atoms with Crippen LogP contribution in [0.3, 0.4) is 0 Å². The lowest BCUT2D eigenvalue weighted by Gasteiger charge is -2.08. The van der Waals surface area contributed by atoms with Crippen molar-refractivity contribution in [1.82, 2.24) is 0 Å². The first-order valence-electron chi connectivity index (χ1n) is 7.97. The molecule has 1 aliphatic carbocycles. The third-order valence-corrected chi connectivity index (χ3v) is 4.97. The average molecular weight is 358 g/mol. The van der Waals surface area contributed by atoms with Crippen molar-refractivity contribution in [2.75, 3.05) is 17.2 Å². The summed E-state index contributed by atoms with van der Waals surface area (Å²) >= 11 is 1.45. The molecule has 0 atom stereocenters. The standard InChI is InChI=1S/C18H18N2O4S/c1-11(21)19-13-5-3-6-14(9-13)20-17(22)10-24-18(23)16-8-12-4-2-7-15(12)25-16/h3,5-6,8-9H,2,4,7,10H2,1H3,(H,19,21)(H,20,22). The third kappa shape index (κ3) is 4.45. The summed E-state index contributed by atoms with van der Waals surface area (Å²) in [5.41, 5.74) is 2.31. The molecule has 1 heterocycles. The minimum atomic E-state index is -0.471. The van der Waals surface area contributed by atoms with Gasteiger partial charge in [0.25, 0.3) is 5.91 Å². The summed E-state index contributed by atoms with van der Waals surface area (Å²) in [6.07, 6.45) is 3.15. The lowest BCUT2D eigenvalue weighted by molar-refractivity contribution is -0.119. The molecule has 1 aromatic heterocycles. The molecule has 0 unspecified atom stereocenters. The van der Waals surface area contributed by atoms with Gasteiger partial charge in [0.1, 0.15) is 4.88 Å². The second-order valence-corrected chi connectivity index (χ2v) is 6.94. The van der Waals surface area contributed by atoms with E-state index in [1.54, 1.807) is 24.3 Å². The number of thiophene rings is 1. The lowest BCUT2D eigenvalue weighted by Crippen LogP contribution is -2.20. The Balaban J connectivity index is 1.52. The van der Waals surface area contributed by atoms with Crippen molar-refractivity contribution in [3.05, 3.63) is 45.6 Å². The van der Waals surface area contributed by atoms with Gasteiger partial charge in [0.05, 0.1) is 0 Å². The Morgan fingerprint density at radius 3 is 2.60 bits per heavy atom. The summed E-state index contributed by atoms with van der Waals surface area (Å²) in [4.78, 5) is 36.8. The van der Waals surface area contributed by atoms with E-state index in [1.807, 2.05) is 6.07 Å². The number of fused-ring (bicyclic) bond motifs is 1. The molecule has 0 fully saturated rings. The van der Waals surface area contributed by atoms with E-state index < -0.39 is 11.9 Å². The Morgan fingerprint density at radius 1 is 1.12 bits per heavy atom. The second kappa shape index (κ2) is 7.48. The van der Waals surface area contributed by atoms with Gasteiger partial charge in [0.15, 0.2) is 6.61 Å². The number of esters is 1. The van der Waals surface area contributed by atoms with Crippen molar-refractivity contribution in [2.24, 2.45) is 0 Å². The molecule has 1 aliphatic rings. The Hall–Kier alpha value is -2.67. The Bertz CT molecular complexity index is 807. The van der Waals surface area contributed by atoms with E-state index in [2.05, 4.69) is 10.6 Å². The van der Waals surface area contributed by atoms with E-state index >= 15 is 0 Å². The molecule has 7 heteroatoms. The zero-order chi connectivity index (χ0) is 17.8. The van der Waals surface area contributed by atoms with Crippen LogP contribution in [0.1, 0.15) is 33.5 Å². The fourth-order valence-corrected chi connectivity index (χ4v) is 3.85. The fourth-order valence-electron chi connectivity index (χ4n) is 2.71. The van der Waals surface area contributed by atoms with Crippen LogP contribution in [0.4, 0.5) is 11.4 Å². The van der Waals surface area contributed by atoms with E-state index in [1.165, 1.54) is 28.7 Å². The van der Waals surface area contributed by atoms with Gasteiger partial charge < -0.3 is 15.4 Å². The van der Waals surface area contributed by atoms with Crippen LogP contribution < -0.4 is 10.6 Å². The number of ether oxygens (including phenoxy) is 1. The van der Waals surface area contributed by atoms with E-state index in [-0.39, 0.29) is 12.5 Å². The predicted molar refractivity (Wildman–Crippen MR) is 96.0 cm³/mol. The molecule has 2 amide bonds. The van der Waals surface area contributed by atoms with Crippen LogP contribution in [-0.2, 0) is 27.2 Å². The highest BCUT2D eigenvalue weighted by molar-refractivity contribution is 7.14. The van der Waals surface area contributed by atoms with Crippen molar-refractivity contribution in [1.29, 1.82) is 0 Å². The quantitative estimate of drug-likeness (QED) is 0.805. The highest BCUT2D eigenvalue weighted by Crippen LogP contribution is 2.30. The van der Waals surface area contributed by atoms with E-state index in [0.717, 1.165) is 19.3 Å². The largest absolute Gasteiger partial charge is 0.451 e. The van der Waals surface area contributed by atoms with Gasteiger partial charge in [-0.1, -0.05) is 6.07 Å². The summed E-state index contributed by atoms with van der Waals surface area (Å²) in [7, 11) is 0. The highest BCUT2D eigenvalue weighted by Gasteiger charge is 2.20. The van der Waals surface area contributed by atoms with Gasteiger partial charge in [-0.05, 0) is 49.1 Å². The number of amides is 2. The maximum atomic E-state index is 12.0. The average Bonchev–Trinajstić information content (AvgIpc) is 3.14. The molecule has 0 saturated carbocycles. The smallest absolute Gasteiger partial charge is 0.348 e. The Kier molecular flexibility index (Phi) is 5.14. The summed E-state index contributed by atoms with van der Waals surface area (Å²) in [5, 5.41) is 5.27. The molecule has 0 aliphatic heterocycles. The van der Waals surface area contributed by atoms with Crippen LogP contribution in [0, 0.1) is 0 Å². The number of nitrogens with one attached hydrogen (secondary N) is 2. The number of rotatable bonds is 5. The molecule has 2 aromatic rings. The predicted octanol–water partition coefficient (Wildman–Crippen LogP) is 2.99. The van der Waals surface area contributed by atoms with Gasteiger partial charge in [-0.15, -0.1) is 11.3 Å². The number of carbonyl (C=O) groups excluding carboxylic acids is 3. The van der Waals surface area contributed by atoms with Crippen LogP contribution in [0.5, 0.6) is 0 Å². The van der Waals surface area contributed by atoms with Gasteiger partial charge in [0.2, 0.25) is 5.91 Å². The lowest BCUT2D eigenvalue weighted by atomic mass is 10.2. The van der Waals surface area contributed by atoms with Gasteiger partial charge in [-0.3, -0.25) is 9.59 Å². The van der Waals surface area contributed by atoms with Crippen LogP contribution >= 0.6 is 11.3 Å². The molecule has 0 spiro atoms. The monoisotopic (exact) mass is 358 g/mol. The number of carbonyl (C=O) groups is 3. The fraction of sp³-hybridized carbons (Fsp3) is 0.278. The normalized spacial score (nSPS) is 12.4. The number of benzene rings is 1. The van der Waals surface area contributed by atoms with Crippen molar-refractivity contribution in [3.8, 4) is 0 Å². The van der Waals surface area contributed by atoms with Gasteiger partial charge >= 0.3 is 5.97 Å². The van der Waals surface area contributed by atoms with Gasteiger partial charge in [0, 0.05) is 23.2 Å². The molecule has 25 heavy (non-hydrogen) atoms. The summed E-state index contributed by atoms with van der Waals surface area (Å²) in [5.74, 6) is -1.10. The molecular weight excluding hydrogens is 340 g/mol. The topological polar surface area (TPSA) is 84.5 Å². The molecule has 6 nitrogen and oxygen atoms in total. The van der Waals surface area contributed by atoms with Gasteiger partial charge in [-0.25, -0.2) is 4.79 Å². The van der Waals surface area contributed by atoms with Crippen molar-refractivity contribution in [2.45, 2.75) is 26.2 Å². The van der Waals surface area contributed by atoms with Crippen LogP contribution in [-0.4, -0.2) is 24.4 Å². The first-order chi connectivity index (χ1) is 12.0. The molecule has 3 rings (SSSR count). The minimum Gasteiger partial charge on any atom is -0.451 e. The highest BCUT2D eigenvalue weighted by atomic mass is 32.1. The van der Waals surface area contributed by atoms with Crippen LogP contribution in [0.2, 0.25) is 0 Å². The number of aryl methyl sites for hydroxylation is 2. The molecule has 130 valence electrons. The zero-order valence-corrected chi connectivity index (χ0v) is 14.6. The SMILES string of the molecule is CC(=O)Nc1cccc(NC(=O)COC(=O)c2cc3c(s2)CCC3)c1. The molecule has 2 N–H and O–H groups in total. The number of hydrogen-bond donors (Lipinski definition) is 2. The first kappa shape index (κ1) is 17.2. The van der Waals surface area contributed by atoms with Crippen molar-refractivity contribution < 1.29 is 19.1 Å². The maximum Gasteiger partial charge on any atom is 0.348 e. The Labute approximate surface area is 149 Å². The summed E-state index contributed by atoms with van der Waals surface area (Å²) < 4.78 is 5.08. The van der Waals surface area contributed by atoms with Crippen LogP contribution in [0.25, 0.3) is 0 Å². The second-order valence-electron chi connectivity index (χ2n) is 5.80. The molecular formula is C18H18N2O4S. The minimum absolute atomic E-state index is 0.194. The molecule has 0 radical (unpaired) electrons. The summed E-state index contributed by atoms with van der Waals surface area (Å²) in [6.45, 7) is 1.05. The van der Waals surface area contributed by atoms with Gasteiger partial charge in [-0.2, -0.15) is 0 Å². The third-order valence-electron chi connectivity index (χ3n) is 3.75. The van der Waals surface area contributed by atoms with Crippen molar-refractivity contribution in [3.63, 3.8) is 0 Å². The van der Waals surface area contributed by atoms with E-state index in [4.69, 9.17) is 4.74 Å². The number of anilines is 2. The van der Waals surface area contributed by atoms with Crippen LogP contribution in [0.15, 0.2) is 30.3 Å². The zero-order valence-electron chi connectivity index (χ0n) is 13.8.